The lowest BCUT2D eigenvalue weighted by atomic mass is 10.1. The smallest absolute Gasteiger partial charge is 0.305 e. The predicted octanol–water partition coefficient (Wildman–Crippen LogP) is 2.19. The van der Waals surface area contributed by atoms with E-state index in [2.05, 4.69) is 10.3 Å². The van der Waals surface area contributed by atoms with Gasteiger partial charge in [-0.1, -0.05) is 29.8 Å². The number of nitrogens with zero attached hydrogens (tertiary/aromatic N) is 4. The third-order valence-corrected chi connectivity index (χ3v) is 4.97. The molecular weight excluding hydrogens is 372 g/mol. The van der Waals surface area contributed by atoms with Crippen LogP contribution in [0.15, 0.2) is 24.3 Å². The van der Waals surface area contributed by atoms with E-state index in [1.807, 2.05) is 13.0 Å². The number of likely N-dealkylation sites (tertiary alicyclic amines) is 1. The van der Waals surface area contributed by atoms with E-state index in [0.717, 1.165) is 0 Å². The van der Waals surface area contributed by atoms with E-state index in [-0.39, 0.29) is 24.1 Å². The number of hydrogen-bond acceptors (Lipinski definition) is 5. The van der Waals surface area contributed by atoms with Gasteiger partial charge in [0.25, 0.3) is 5.91 Å². The highest BCUT2D eigenvalue weighted by Gasteiger charge is 2.38. The summed E-state index contributed by atoms with van der Waals surface area (Å²) in [5, 5.41) is 17.9. The number of aromatic nitrogens is 3. The molecule has 144 valence electrons. The minimum atomic E-state index is -0.951. The summed E-state index contributed by atoms with van der Waals surface area (Å²) in [6.45, 7) is 2.24. The average molecular weight is 393 g/mol. The summed E-state index contributed by atoms with van der Waals surface area (Å²) in [6.07, 6.45) is 0.700. The van der Waals surface area contributed by atoms with Gasteiger partial charge in [-0.15, -0.1) is 5.10 Å². The Morgan fingerprint density at radius 2 is 2.19 bits per heavy atom. The first kappa shape index (κ1) is 19.3. The number of halogens is 1. The number of carbonyl (C=O) groups is 2. The fourth-order valence-electron chi connectivity index (χ4n) is 3.42. The van der Waals surface area contributed by atoms with Crippen molar-refractivity contribution < 1.29 is 19.4 Å². The van der Waals surface area contributed by atoms with Crippen LogP contribution in [0.25, 0.3) is 5.69 Å². The van der Waals surface area contributed by atoms with Crippen LogP contribution in [0.3, 0.4) is 0 Å². The van der Waals surface area contributed by atoms with Crippen molar-refractivity contribution in [2.75, 3.05) is 13.7 Å². The van der Waals surface area contributed by atoms with Gasteiger partial charge in [0, 0.05) is 24.7 Å². The maximum absolute atomic E-state index is 13.1. The van der Waals surface area contributed by atoms with Crippen LogP contribution in [0.1, 0.15) is 35.9 Å². The Morgan fingerprint density at radius 3 is 2.81 bits per heavy atom. The molecule has 27 heavy (non-hydrogen) atoms. The molecule has 3 rings (SSSR count). The summed E-state index contributed by atoms with van der Waals surface area (Å²) in [6, 6.07) is 6.70. The lowest BCUT2D eigenvalue weighted by molar-refractivity contribution is -0.138. The Balaban J connectivity index is 1.93. The molecule has 2 heterocycles. The van der Waals surface area contributed by atoms with Gasteiger partial charge in [0.15, 0.2) is 5.69 Å². The van der Waals surface area contributed by atoms with Crippen LogP contribution in [-0.2, 0) is 16.0 Å². The molecule has 0 spiro atoms. The highest BCUT2D eigenvalue weighted by atomic mass is 35.5. The van der Waals surface area contributed by atoms with Crippen LogP contribution in [0.2, 0.25) is 5.02 Å². The minimum absolute atomic E-state index is 0.129. The molecule has 1 N–H and O–H groups in total. The van der Waals surface area contributed by atoms with Gasteiger partial charge in [-0.25, -0.2) is 4.68 Å². The molecule has 2 atom stereocenters. The van der Waals surface area contributed by atoms with Gasteiger partial charge >= 0.3 is 5.97 Å². The molecule has 1 amide bonds. The molecule has 0 saturated carbocycles. The van der Waals surface area contributed by atoms with E-state index in [0.29, 0.717) is 35.8 Å². The number of aliphatic carboxylic acids is 1. The van der Waals surface area contributed by atoms with E-state index in [1.54, 1.807) is 30.0 Å². The predicted molar refractivity (Wildman–Crippen MR) is 98.2 cm³/mol. The Labute approximate surface area is 161 Å². The molecule has 2 aromatic rings. The lowest BCUT2D eigenvalue weighted by Crippen LogP contribution is -2.38. The van der Waals surface area contributed by atoms with Crippen molar-refractivity contribution in [3.63, 3.8) is 0 Å². The molecule has 1 aliphatic heterocycles. The summed E-state index contributed by atoms with van der Waals surface area (Å²) in [4.78, 5) is 25.8. The molecule has 1 aromatic heterocycles. The van der Waals surface area contributed by atoms with Crippen molar-refractivity contribution in [1.82, 2.24) is 19.9 Å². The second-order valence-corrected chi connectivity index (χ2v) is 6.87. The second-order valence-electron chi connectivity index (χ2n) is 6.43. The summed E-state index contributed by atoms with van der Waals surface area (Å²) in [5.41, 5.74) is 1.59. The Morgan fingerprint density at radius 1 is 1.41 bits per heavy atom. The first-order valence-corrected chi connectivity index (χ1v) is 9.08. The molecule has 0 bridgehead atoms. The fourth-order valence-corrected chi connectivity index (χ4v) is 3.61. The van der Waals surface area contributed by atoms with E-state index in [9.17, 15) is 9.59 Å². The quantitative estimate of drug-likeness (QED) is 0.809. The number of rotatable bonds is 6. The Bertz CT molecular complexity index is 854. The summed E-state index contributed by atoms with van der Waals surface area (Å²) in [7, 11) is 1.56. The molecular formula is C18H21ClN4O4. The minimum Gasteiger partial charge on any atom is -0.481 e. The van der Waals surface area contributed by atoms with Gasteiger partial charge in [0.1, 0.15) is 0 Å². The van der Waals surface area contributed by atoms with Gasteiger partial charge in [0.2, 0.25) is 0 Å². The maximum Gasteiger partial charge on any atom is 0.305 e. The van der Waals surface area contributed by atoms with Gasteiger partial charge in [0.05, 0.1) is 23.9 Å². The summed E-state index contributed by atoms with van der Waals surface area (Å²) in [5.74, 6) is -1.28. The van der Waals surface area contributed by atoms with Gasteiger partial charge < -0.3 is 14.7 Å². The van der Waals surface area contributed by atoms with Crippen molar-refractivity contribution in [2.24, 2.45) is 0 Å². The van der Waals surface area contributed by atoms with E-state index < -0.39 is 12.0 Å². The van der Waals surface area contributed by atoms with Crippen LogP contribution < -0.4 is 0 Å². The van der Waals surface area contributed by atoms with Crippen LogP contribution in [-0.4, -0.2) is 62.7 Å². The van der Waals surface area contributed by atoms with E-state index >= 15 is 0 Å². The van der Waals surface area contributed by atoms with E-state index in [1.165, 1.54) is 4.90 Å². The number of benzene rings is 1. The standard InChI is InChI=1S/C18H21ClN4O4/c1-3-15-17(20-21-23(15)12-6-4-5-11(19)7-12)18(26)22-10-14(27-2)8-13(22)9-16(24)25/h4-7,13-14H,3,8-10H2,1-2H3,(H,24,25). The molecule has 0 aliphatic carbocycles. The normalized spacial score (nSPS) is 19.4. The third-order valence-electron chi connectivity index (χ3n) is 4.73. The SMILES string of the molecule is CCc1c(C(=O)N2CC(OC)CC2CC(=O)O)nnn1-c1cccc(Cl)c1. The monoisotopic (exact) mass is 392 g/mol. The largest absolute Gasteiger partial charge is 0.481 e. The summed E-state index contributed by atoms with van der Waals surface area (Å²) >= 11 is 6.06. The zero-order valence-electron chi connectivity index (χ0n) is 15.1. The number of methoxy groups -OCH3 is 1. The molecule has 1 aromatic carbocycles. The van der Waals surface area contributed by atoms with Gasteiger partial charge in [-0.05, 0) is 31.0 Å². The van der Waals surface area contributed by atoms with E-state index in [4.69, 9.17) is 21.4 Å². The molecule has 9 heteroatoms. The van der Waals surface area contributed by atoms with Crippen molar-refractivity contribution in [3.05, 3.63) is 40.7 Å². The third kappa shape index (κ3) is 3.96. The number of amides is 1. The van der Waals surface area contributed by atoms with Gasteiger partial charge in [-0.3, -0.25) is 9.59 Å². The fraction of sp³-hybridized carbons (Fsp3) is 0.444. The molecule has 2 unspecified atom stereocenters. The zero-order chi connectivity index (χ0) is 19.6. The number of carboxylic acid groups (broad SMARTS) is 1. The Kier molecular flexibility index (Phi) is 5.76. The number of ether oxygens (including phenoxy) is 1. The van der Waals surface area contributed by atoms with Crippen LogP contribution in [0.5, 0.6) is 0 Å². The molecule has 8 nitrogen and oxygen atoms in total. The highest BCUT2D eigenvalue weighted by Crippen LogP contribution is 2.26. The molecule has 1 aliphatic rings. The van der Waals surface area contributed by atoms with Crippen molar-refractivity contribution >= 4 is 23.5 Å². The average Bonchev–Trinajstić information content (AvgIpc) is 3.24. The van der Waals surface area contributed by atoms with Crippen molar-refractivity contribution in [1.29, 1.82) is 0 Å². The number of carboxylic acids is 1. The summed E-state index contributed by atoms with van der Waals surface area (Å²) < 4.78 is 6.93. The number of carbonyl (C=O) groups excluding carboxylic acids is 1. The first-order chi connectivity index (χ1) is 12.9. The van der Waals surface area contributed by atoms with Crippen LogP contribution in [0.4, 0.5) is 0 Å². The van der Waals surface area contributed by atoms with Crippen molar-refractivity contribution in [3.8, 4) is 5.69 Å². The molecule has 1 fully saturated rings. The second kappa shape index (κ2) is 8.06. The van der Waals surface area contributed by atoms with Crippen LogP contribution >= 0.6 is 11.6 Å². The first-order valence-electron chi connectivity index (χ1n) is 8.70. The lowest BCUT2D eigenvalue weighted by Gasteiger charge is -2.22. The molecule has 0 radical (unpaired) electrons. The zero-order valence-corrected chi connectivity index (χ0v) is 15.9. The Hall–Kier alpha value is -2.45. The maximum atomic E-state index is 13.1. The van der Waals surface area contributed by atoms with Gasteiger partial charge in [-0.2, -0.15) is 0 Å². The topological polar surface area (TPSA) is 97.6 Å². The number of hydrogen-bond donors (Lipinski definition) is 1. The highest BCUT2D eigenvalue weighted by molar-refractivity contribution is 6.30. The van der Waals surface area contributed by atoms with Crippen LogP contribution in [0, 0.1) is 0 Å². The van der Waals surface area contributed by atoms with Crippen molar-refractivity contribution in [2.45, 2.75) is 38.3 Å². The molecule has 1 saturated heterocycles.